The molecule has 0 heteroatoms. The minimum Gasteiger partial charge on any atom is -0.0683 e. The van der Waals surface area contributed by atoms with Gasteiger partial charge in [-0.1, -0.05) is 67.2 Å². The highest BCUT2D eigenvalue weighted by molar-refractivity contribution is 4.61. The lowest BCUT2D eigenvalue weighted by atomic mass is 9.88. The predicted molar refractivity (Wildman–Crippen MR) is 59.5 cm³/mol. The van der Waals surface area contributed by atoms with Crippen LogP contribution in [0.3, 0.4) is 0 Å². The Morgan fingerprint density at radius 1 is 0.833 bits per heavy atom. The highest BCUT2D eigenvalue weighted by atomic mass is 14.2. The fraction of sp³-hybridized carbons (Fsp3) is 1.00. The lowest BCUT2D eigenvalue weighted by Crippen LogP contribution is -2.07. The highest BCUT2D eigenvalue weighted by Gasteiger charge is 2.09. The number of hydrogen-bond donors (Lipinski definition) is 0. The summed E-state index contributed by atoms with van der Waals surface area (Å²) in [5, 5.41) is 0. The van der Waals surface area contributed by atoms with Gasteiger partial charge in [0.2, 0.25) is 0 Å². The maximum absolute atomic E-state index is 2.34. The zero-order valence-electron chi connectivity index (χ0n) is 9.98. The summed E-state index contributed by atoms with van der Waals surface area (Å²) in [5.41, 5.74) is 0. The third-order valence-electron chi connectivity index (χ3n) is 2.26. The van der Waals surface area contributed by atoms with Crippen LogP contribution in [0.4, 0.5) is 0 Å². The van der Waals surface area contributed by atoms with Gasteiger partial charge in [0.1, 0.15) is 0 Å². The largest absolute Gasteiger partial charge is 0.0683 e. The van der Waals surface area contributed by atoms with E-state index in [-0.39, 0.29) is 0 Å². The molecule has 76 valence electrons. The molecule has 0 aliphatic rings. The highest BCUT2D eigenvalue weighted by Crippen LogP contribution is 2.21. The fourth-order valence-electron chi connectivity index (χ4n) is 1.55. The zero-order chi connectivity index (χ0) is 9.98. The average Bonchev–Trinajstić information content (AvgIpc) is 2.08. The van der Waals surface area contributed by atoms with Gasteiger partial charge < -0.3 is 0 Å². The van der Waals surface area contributed by atoms with Crippen LogP contribution in [0.2, 0.25) is 0 Å². The molecule has 0 nitrogen and oxygen atoms in total. The minimum absolute atomic E-state index is 0.889. The molecule has 0 saturated carbocycles. The second-order valence-corrected chi connectivity index (χ2v) is 3.58. The van der Waals surface area contributed by atoms with Gasteiger partial charge in [-0.25, -0.2) is 0 Å². The van der Waals surface area contributed by atoms with Crippen LogP contribution in [0, 0.1) is 11.8 Å². The van der Waals surface area contributed by atoms with Gasteiger partial charge in [-0.2, -0.15) is 0 Å². The van der Waals surface area contributed by atoms with E-state index >= 15 is 0 Å². The van der Waals surface area contributed by atoms with Gasteiger partial charge in [-0.15, -0.1) is 0 Å². The molecule has 0 N–H and O–H groups in total. The van der Waals surface area contributed by atoms with Crippen LogP contribution >= 0.6 is 0 Å². The van der Waals surface area contributed by atoms with Crippen LogP contribution in [0.15, 0.2) is 0 Å². The van der Waals surface area contributed by atoms with E-state index in [0.29, 0.717) is 0 Å². The van der Waals surface area contributed by atoms with Crippen molar-refractivity contribution in [2.75, 3.05) is 0 Å². The second kappa shape index (κ2) is 11.0. The van der Waals surface area contributed by atoms with Crippen molar-refractivity contribution >= 4 is 0 Å². The molecule has 0 fully saturated rings. The van der Waals surface area contributed by atoms with Gasteiger partial charge in [-0.05, 0) is 11.8 Å². The van der Waals surface area contributed by atoms with E-state index < -0.39 is 0 Å². The van der Waals surface area contributed by atoms with Gasteiger partial charge >= 0.3 is 0 Å². The van der Waals surface area contributed by atoms with Gasteiger partial charge in [0, 0.05) is 0 Å². The molecule has 0 aromatic heterocycles. The molecule has 0 amide bonds. The van der Waals surface area contributed by atoms with Gasteiger partial charge in [0.05, 0.1) is 0 Å². The second-order valence-electron chi connectivity index (χ2n) is 3.58. The fourth-order valence-corrected chi connectivity index (χ4v) is 1.55. The van der Waals surface area contributed by atoms with Crippen molar-refractivity contribution in [2.45, 2.75) is 67.2 Å². The van der Waals surface area contributed by atoms with Crippen molar-refractivity contribution in [3.05, 3.63) is 0 Å². The van der Waals surface area contributed by atoms with Crippen molar-refractivity contribution in [3.8, 4) is 0 Å². The smallest absolute Gasteiger partial charge is 0.0391 e. The van der Waals surface area contributed by atoms with E-state index in [1.54, 1.807) is 0 Å². The lowest BCUT2D eigenvalue weighted by Gasteiger charge is -2.18. The molecule has 0 bridgehead atoms. The van der Waals surface area contributed by atoms with Crippen molar-refractivity contribution in [1.29, 1.82) is 0 Å². The van der Waals surface area contributed by atoms with Crippen LogP contribution in [-0.2, 0) is 0 Å². The van der Waals surface area contributed by atoms with Crippen LogP contribution in [-0.4, -0.2) is 0 Å². The quantitative estimate of drug-likeness (QED) is 0.554. The Hall–Kier alpha value is 0. The Balaban J connectivity index is 0. The Kier molecular flexibility index (Phi) is 13.3. The topological polar surface area (TPSA) is 0 Å². The van der Waals surface area contributed by atoms with Gasteiger partial charge in [-0.3, -0.25) is 0 Å². The van der Waals surface area contributed by atoms with Crippen LogP contribution in [0.5, 0.6) is 0 Å². The molecule has 0 atom stereocenters. The van der Waals surface area contributed by atoms with Crippen molar-refractivity contribution < 1.29 is 0 Å². The van der Waals surface area contributed by atoms with Crippen molar-refractivity contribution in [1.82, 2.24) is 0 Å². The summed E-state index contributed by atoms with van der Waals surface area (Å²) in [6.45, 7) is 13.3. The van der Waals surface area contributed by atoms with E-state index in [9.17, 15) is 0 Å². The average molecular weight is 172 g/mol. The molecule has 0 aliphatic carbocycles. The summed E-state index contributed by atoms with van der Waals surface area (Å²) < 4.78 is 0. The molecule has 0 rings (SSSR count). The maximum atomic E-state index is 2.34. The van der Waals surface area contributed by atoms with Gasteiger partial charge in [0.25, 0.3) is 0 Å². The number of rotatable bonds is 5. The standard InChI is InChI=1S/C10H22.C2H6/c1-5-7-10(8-6-2)9(3)4;1-2/h9-10H,5-8H2,1-4H3;1-2H3. The summed E-state index contributed by atoms with van der Waals surface area (Å²) >= 11 is 0. The van der Waals surface area contributed by atoms with E-state index in [1.807, 2.05) is 13.8 Å². The van der Waals surface area contributed by atoms with Gasteiger partial charge in [0.15, 0.2) is 0 Å². The molecule has 0 saturated heterocycles. The van der Waals surface area contributed by atoms with E-state index in [0.717, 1.165) is 11.8 Å². The first kappa shape index (κ1) is 14.5. The molecule has 12 heavy (non-hydrogen) atoms. The molecule has 0 spiro atoms. The van der Waals surface area contributed by atoms with E-state index in [1.165, 1.54) is 25.7 Å². The zero-order valence-corrected chi connectivity index (χ0v) is 9.98. The molecule has 0 heterocycles. The molecule has 0 radical (unpaired) electrons. The summed E-state index contributed by atoms with van der Waals surface area (Å²) in [6, 6.07) is 0. The molecule has 0 aromatic carbocycles. The maximum Gasteiger partial charge on any atom is -0.0391 e. The Labute approximate surface area is 79.8 Å². The predicted octanol–water partition coefficient (Wildman–Crippen LogP) is 4.89. The first-order chi connectivity index (χ1) is 5.72. The normalized spacial score (nSPS) is 10.0. The summed E-state index contributed by atoms with van der Waals surface area (Å²) in [4.78, 5) is 0. The third-order valence-corrected chi connectivity index (χ3v) is 2.26. The third kappa shape index (κ3) is 8.10. The SMILES string of the molecule is CC.CCCC(CCC)C(C)C. The van der Waals surface area contributed by atoms with Crippen LogP contribution < -0.4 is 0 Å². The molecule has 0 unspecified atom stereocenters. The van der Waals surface area contributed by atoms with Crippen molar-refractivity contribution in [3.63, 3.8) is 0 Å². The van der Waals surface area contributed by atoms with E-state index in [4.69, 9.17) is 0 Å². The molecule has 0 aliphatic heterocycles. The van der Waals surface area contributed by atoms with E-state index in [2.05, 4.69) is 27.7 Å². The summed E-state index contributed by atoms with van der Waals surface area (Å²) in [6.07, 6.45) is 5.54. The minimum atomic E-state index is 0.889. The Morgan fingerprint density at radius 2 is 1.17 bits per heavy atom. The Bertz CT molecular complexity index is 58.4. The first-order valence-corrected chi connectivity index (χ1v) is 5.72. The Morgan fingerprint density at radius 3 is 1.33 bits per heavy atom. The van der Waals surface area contributed by atoms with Crippen LogP contribution in [0.25, 0.3) is 0 Å². The monoisotopic (exact) mass is 172 g/mol. The molecular weight excluding hydrogens is 144 g/mol. The molecular formula is C12H28. The number of hydrogen-bond acceptors (Lipinski definition) is 0. The lowest BCUT2D eigenvalue weighted by molar-refractivity contribution is 0.331. The molecule has 0 aromatic rings. The summed E-state index contributed by atoms with van der Waals surface area (Å²) in [5.74, 6) is 1.87. The van der Waals surface area contributed by atoms with Crippen LogP contribution in [0.1, 0.15) is 67.2 Å². The summed E-state index contributed by atoms with van der Waals surface area (Å²) in [7, 11) is 0. The van der Waals surface area contributed by atoms with Crippen molar-refractivity contribution in [2.24, 2.45) is 11.8 Å². The first-order valence-electron chi connectivity index (χ1n) is 5.72.